The van der Waals surface area contributed by atoms with Crippen LogP contribution in [0.3, 0.4) is 0 Å². The van der Waals surface area contributed by atoms with E-state index in [1.807, 2.05) is 0 Å². The molecule has 2 aromatic heterocycles. The average molecular weight is 417 g/mol. The van der Waals surface area contributed by atoms with E-state index < -0.39 is 11.7 Å². The molecule has 1 fully saturated rings. The van der Waals surface area contributed by atoms with Gasteiger partial charge in [-0.25, -0.2) is 14.4 Å². The Balaban J connectivity index is 1.83. The van der Waals surface area contributed by atoms with Crippen molar-refractivity contribution in [2.75, 3.05) is 17.2 Å². The van der Waals surface area contributed by atoms with Crippen molar-refractivity contribution < 1.29 is 13.9 Å². The number of nitrogens with zero attached hydrogens (tertiary/aromatic N) is 2. The number of pyridine rings is 2. The van der Waals surface area contributed by atoms with E-state index in [9.17, 15) is 9.18 Å². The lowest BCUT2D eigenvalue weighted by atomic mass is 9.91. The van der Waals surface area contributed by atoms with E-state index in [0.29, 0.717) is 18.2 Å². The van der Waals surface area contributed by atoms with Gasteiger partial charge in [-0.3, -0.25) is 4.79 Å². The Morgan fingerprint density at radius 2 is 2.10 bits per heavy atom. The molecular formula is C21H29FN6O2. The van der Waals surface area contributed by atoms with Gasteiger partial charge in [0.2, 0.25) is 5.88 Å². The molecule has 162 valence electrons. The highest BCUT2D eigenvalue weighted by Gasteiger charge is 2.24. The van der Waals surface area contributed by atoms with Crippen molar-refractivity contribution >= 4 is 23.2 Å². The minimum Gasteiger partial charge on any atom is -0.478 e. The van der Waals surface area contributed by atoms with Crippen LogP contribution in [0.15, 0.2) is 24.4 Å². The largest absolute Gasteiger partial charge is 0.478 e. The molecule has 0 bridgehead atoms. The molecule has 6 N–H and O–H groups in total. The summed E-state index contributed by atoms with van der Waals surface area (Å²) in [4.78, 5) is 20.3. The maximum absolute atomic E-state index is 14.6. The van der Waals surface area contributed by atoms with Crippen molar-refractivity contribution in [2.24, 2.45) is 11.5 Å². The number of rotatable bonds is 9. The number of primary amides is 1. The molecule has 0 aliphatic heterocycles. The number of aromatic nitrogens is 2. The Hall–Kier alpha value is -2.94. The van der Waals surface area contributed by atoms with E-state index in [0.717, 1.165) is 44.6 Å². The van der Waals surface area contributed by atoms with Crippen LogP contribution >= 0.6 is 0 Å². The molecule has 0 saturated heterocycles. The summed E-state index contributed by atoms with van der Waals surface area (Å²) in [6.07, 6.45) is 7.32. The van der Waals surface area contributed by atoms with E-state index >= 15 is 0 Å². The van der Waals surface area contributed by atoms with Crippen molar-refractivity contribution in [3.8, 4) is 5.88 Å². The smallest absolute Gasteiger partial charge is 0.252 e. The van der Waals surface area contributed by atoms with Crippen molar-refractivity contribution in [1.29, 1.82) is 0 Å². The third kappa shape index (κ3) is 5.56. The number of nitrogens with one attached hydrogen (secondary N) is 2. The fraction of sp³-hybridized carbons (Fsp3) is 0.476. The highest BCUT2D eigenvalue weighted by molar-refractivity contribution is 5.98. The minimum atomic E-state index is -0.779. The summed E-state index contributed by atoms with van der Waals surface area (Å²) in [5, 5.41) is 6.13. The van der Waals surface area contributed by atoms with Gasteiger partial charge in [0.15, 0.2) is 11.6 Å². The summed E-state index contributed by atoms with van der Waals surface area (Å²) in [5.41, 5.74) is 12.2. The van der Waals surface area contributed by atoms with Crippen molar-refractivity contribution in [3.05, 3.63) is 35.8 Å². The fourth-order valence-corrected chi connectivity index (χ4v) is 3.41. The van der Waals surface area contributed by atoms with Gasteiger partial charge in [-0.2, -0.15) is 0 Å². The molecule has 1 saturated carbocycles. The Bertz CT molecular complexity index is 879. The normalized spacial score (nSPS) is 18.6. The molecule has 3 rings (SSSR count). The van der Waals surface area contributed by atoms with Gasteiger partial charge in [-0.1, -0.05) is 26.2 Å². The molecule has 9 heteroatoms. The first kappa shape index (κ1) is 21.8. The van der Waals surface area contributed by atoms with Crippen LogP contribution in [0.5, 0.6) is 5.88 Å². The molecule has 0 spiro atoms. The molecule has 2 atom stereocenters. The standard InChI is InChI=1S/C21H29FN6O2/c1-2-3-10-30-18-11-13(8-9-25-18)26-20-14(19(24)29)12-15(22)21(28-20)27-17-7-5-4-6-16(17)23/h8-9,11-12,16-17H,2-7,10,23H2,1H3,(H2,24,29)(H2,25,26,27,28)/t16-,17+/m0/s1. The third-order valence-corrected chi connectivity index (χ3v) is 5.13. The Morgan fingerprint density at radius 3 is 2.83 bits per heavy atom. The number of hydrogen-bond acceptors (Lipinski definition) is 7. The highest BCUT2D eigenvalue weighted by Crippen LogP contribution is 2.27. The number of amides is 1. The minimum absolute atomic E-state index is 0.0401. The van der Waals surface area contributed by atoms with E-state index in [2.05, 4.69) is 27.5 Å². The molecule has 0 unspecified atom stereocenters. The van der Waals surface area contributed by atoms with Crippen LogP contribution < -0.4 is 26.8 Å². The van der Waals surface area contributed by atoms with Crippen LogP contribution in [-0.4, -0.2) is 34.6 Å². The quantitative estimate of drug-likeness (QED) is 0.462. The van der Waals surface area contributed by atoms with E-state index in [1.54, 1.807) is 18.3 Å². The molecule has 2 heterocycles. The Morgan fingerprint density at radius 1 is 1.30 bits per heavy atom. The number of carbonyl (C=O) groups excluding carboxylic acids is 1. The summed E-state index contributed by atoms with van der Waals surface area (Å²) in [6.45, 7) is 2.64. The summed E-state index contributed by atoms with van der Waals surface area (Å²) in [7, 11) is 0. The third-order valence-electron chi connectivity index (χ3n) is 5.13. The predicted molar refractivity (Wildman–Crippen MR) is 114 cm³/mol. The van der Waals surface area contributed by atoms with Crippen molar-refractivity contribution in [3.63, 3.8) is 0 Å². The van der Waals surface area contributed by atoms with Gasteiger partial charge in [0.05, 0.1) is 12.2 Å². The number of ether oxygens (including phenoxy) is 1. The van der Waals surface area contributed by atoms with E-state index in [1.165, 1.54) is 0 Å². The highest BCUT2D eigenvalue weighted by atomic mass is 19.1. The number of halogens is 1. The van der Waals surface area contributed by atoms with Gasteiger partial charge in [-0.05, 0) is 31.4 Å². The summed E-state index contributed by atoms with van der Waals surface area (Å²) in [6, 6.07) is 4.33. The zero-order valence-corrected chi connectivity index (χ0v) is 17.2. The number of carbonyl (C=O) groups is 1. The number of unbranched alkanes of at least 4 members (excludes halogenated alkanes) is 1. The van der Waals surface area contributed by atoms with Crippen LogP contribution in [0.1, 0.15) is 55.8 Å². The molecule has 1 aliphatic rings. The second-order valence-corrected chi connectivity index (χ2v) is 7.49. The summed E-state index contributed by atoms with van der Waals surface area (Å²) < 4.78 is 20.2. The van der Waals surface area contributed by atoms with Crippen LogP contribution in [0.25, 0.3) is 0 Å². The molecular weight excluding hydrogens is 387 g/mol. The molecule has 1 amide bonds. The van der Waals surface area contributed by atoms with E-state index in [4.69, 9.17) is 16.2 Å². The van der Waals surface area contributed by atoms with Crippen LogP contribution in [0, 0.1) is 5.82 Å². The van der Waals surface area contributed by atoms with Gasteiger partial charge in [0, 0.05) is 30.0 Å². The second kappa shape index (κ2) is 10.2. The summed E-state index contributed by atoms with van der Waals surface area (Å²) in [5.74, 6) is -0.786. The Labute approximate surface area is 175 Å². The number of nitrogens with two attached hydrogens (primary N) is 2. The topological polar surface area (TPSA) is 128 Å². The molecule has 2 aromatic rings. The zero-order chi connectivity index (χ0) is 21.5. The molecule has 0 aromatic carbocycles. The molecule has 0 radical (unpaired) electrons. The first-order valence-corrected chi connectivity index (χ1v) is 10.4. The zero-order valence-electron chi connectivity index (χ0n) is 17.2. The van der Waals surface area contributed by atoms with Crippen LogP contribution in [0.4, 0.5) is 21.7 Å². The van der Waals surface area contributed by atoms with Crippen LogP contribution in [-0.2, 0) is 0 Å². The van der Waals surface area contributed by atoms with Crippen LogP contribution in [0.2, 0.25) is 0 Å². The lowest BCUT2D eigenvalue weighted by Gasteiger charge is -2.30. The molecule has 8 nitrogen and oxygen atoms in total. The van der Waals surface area contributed by atoms with E-state index in [-0.39, 0.29) is 29.3 Å². The van der Waals surface area contributed by atoms with Gasteiger partial charge in [-0.15, -0.1) is 0 Å². The monoisotopic (exact) mass is 416 g/mol. The maximum atomic E-state index is 14.6. The molecule has 30 heavy (non-hydrogen) atoms. The lowest BCUT2D eigenvalue weighted by molar-refractivity contribution is 0.100. The first-order chi connectivity index (χ1) is 14.5. The first-order valence-electron chi connectivity index (χ1n) is 10.4. The summed E-state index contributed by atoms with van der Waals surface area (Å²) >= 11 is 0. The van der Waals surface area contributed by atoms with Gasteiger partial charge in [0.25, 0.3) is 5.91 Å². The van der Waals surface area contributed by atoms with Crippen molar-refractivity contribution in [2.45, 2.75) is 57.5 Å². The fourth-order valence-electron chi connectivity index (χ4n) is 3.41. The SMILES string of the molecule is CCCCOc1cc(Nc2nc(N[C@@H]3CCCC[C@@H]3N)c(F)cc2C(N)=O)ccn1. The van der Waals surface area contributed by atoms with Gasteiger partial charge < -0.3 is 26.8 Å². The Kier molecular flexibility index (Phi) is 7.40. The second-order valence-electron chi connectivity index (χ2n) is 7.49. The number of anilines is 3. The molecule has 1 aliphatic carbocycles. The average Bonchev–Trinajstić information content (AvgIpc) is 2.72. The van der Waals surface area contributed by atoms with Crippen molar-refractivity contribution in [1.82, 2.24) is 9.97 Å². The maximum Gasteiger partial charge on any atom is 0.252 e. The predicted octanol–water partition coefficient (Wildman–Crippen LogP) is 3.32. The van der Waals surface area contributed by atoms with Gasteiger partial charge >= 0.3 is 0 Å². The number of hydrogen-bond donors (Lipinski definition) is 4. The lowest BCUT2D eigenvalue weighted by Crippen LogP contribution is -2.43. The van der Waals surface area contributed by atoms with Gasteiger partial charge in [0.1, 0.15) is 5.82 Å².